The molecule has 0 aliphatic heterocycles. The van der Waals surface area contributed by atoms with Crippen LogP contribution in [0.3, 0.4) is 0 Å². The molecule has 1 N–H and O–H groups in total. The van der Waals surface area contributed by atoms with Crippen molar-refractivity contribution in [2.45, 2.75) is 45.7 Å². The minimum Gasteiger partial charge on any atom is -0.334 e. The van der Waals surface area contributed by atoms with E-state index in [9.17, 15) is 4.79 Å². The van der Waals surface area contributed by atoms with Crippen molar-refractivity contribution >= 4 is 6.03 Å². The number of carbonyl (C=O) groups excluding carboxylic acids is 1. The van der Waals surface area contributed by atoms with E-state index < -0.39 is 0 Å². The molecule has 3 rings (SSSR count). The molecule has 2 aromatic rings. The lowest BCUT2D eigenvalue weighted by Gasteiger charge is -2.34. The Labute approximate surface area is 137 Å². The highest BCUT2D eigenvalue weighted by Crippen LogP contribution is 2.23. The van der Waals surface area contributed by atoms with Crippen LogP contribution in [-0.4, -0.2) is 33.8 Å². The van der Waals surface area contributed by atoms with Crippen molar-refractivity contribution in [2.24, 2.45) is 0 Å². The number of aryl methyl sites for hydroxylation is 2. The summed E-state index contributed by atoms with van der Waals surface area (Å²) in [5.41, 5.74) is 4.16. The highest BCUT2D eigenvalue weighted by atomic mass is 16.2. The Balaban J connectivity index is 1.73. The van der Waals surface area contributed by atoms with Gasteiger partial charge in [-0.05, 0) is 50.8 Å². The van der Waals surface area contributed by atoms with Gasteiger partial charge in [0, 0.05) is 25.3 Å². The summed E-state index contributed by atoms with van der Waals surface area (Å²) in [7, 11) is 1.88. The van der Waals surface area contributed by atoms with Crippen LogP contribution in [-0.2, 0) is 6.54 Å². The fourth-order valence-corrected chi connectivity index (χ4v) is 2.98. The summed E-state index contributed by atoms with van der Waals surface area (Å²) < 4.78 is 1.94. The van der Waals surface area contributed by atoms with Crippen LogP contribution in [0.5, 0.6) is 0 Å². The van der Waals surface area contributed by atoms with E-state index in [-0.39, 0.29) is 6.03 Å². The first-order valence-electron chi connectivity index (χ1n) is 8.18. The number of aromatic nitrogens is 2. The van der Waals surface area contributed by atoms with Gasteiger partial charge in [-0.1, -0.05) is 18.2 Å². The zero-order valence-electron chi connectivity index (χ0n) is 14.0. The SMILES string of the molecule is Cc1cc(C)n(-c2ccccc2CNC(=O)N(C)C2CCC2)n1. The summed E-state index contributed by atoms with van der Waals surface area (Å²) in [5.74, 6) is 0. The minimum atomic E-state index is -0.00197. The average Bonchev–Trinajstić information content (AvgIpc) is 2.81. The molecular weight excluding hydrogens is 288 g/mol. The highest BCUT2D eigenvalue weighted by Gasteiger charge is 2.25. The van der Waals surface area contributed by atoms with E-state index >= 15 is 0 Å². The standard InChI is InChI=1S/C18H24N4O/c1-13-11-14(2)22(20-13)17-10-5-4-7-15(17)12-19-18(23)21(3)16-8-6-9-16/h4-5,7,10-11,16H,6,8-9,12H2,1-3H3,(H,19,23). The molecule has 1 fully saturated rings. The maximum atomic E-state index is 12.3. The van der Waals surface area contributed by atoms with Gasteiger partial charge in [0.05, 0.1) is 11.4 Å². The quantitative estimate of drug-likeness (QED) is 0.942. The molecule has 0 unspecified atom stereocenters. The van der Waals surface area contributed by atoms with Crippen molar-refractivity contribution in [3.63, 3.8) is 0 Å². The van der Waals surface area contributed by atoms with Crippen LogP contribution in [0.1, 0.15) is 36.2 Å². The molecule has 1 aromatic heterocycles. The van der Waals surface area contributed by atoms with Crippen LogP contribution in [0.4, 0.5) is 4.79 Å². The van der Waals surface area contributed by atoms with Crippen molar-refractivity contribution in [3.05, 3.63) is 47.3 Å². The van der Waals surface area contributed by atoms with E-state index in [1.807, 2.05) is 54.7 Å². The fourth-order valence-electron chi connectivity index (χ4n) is 2.98. The van der Waals surface area contributed by atoms with Crippen LogP contribution >= 0.6 is 0 Å². The van der Waals surface area contributed by atoms with Gasteiger partial charge in [0.2, 0.25) is 0 Å². The molecule has 0 spiro atoms. The predicted molar refractivity (Wildman–Crippen MR) is 90.7 cm³/mol. The molecule has 1 heterocycles. The van der Waals surface area contributed by atoms with Gasteiger partial charge in [0.15, 0.2) is 0 Å². The first-order valence-corrected chi connectivity index (χ1v) is 8.18. The van der Waals surface area contributed by atoms with Crippen molar-refractivity contribution in [1.29, 1.82) is 0 Å². The second-order valence-corrected chi connectivity index (χ2v) is 6.32. The zero-order valence-corrected chi connectivity index (χ0v) is 14.0. The summed E-state index contributed by atoms with van der Waals surface area (Å²) in [5, 5.41) is 7.58. The van der Waals surface area contributed by atoms with E-state index in [1.54, 1.807) is 0 Å². The lowest BCUT2D eigenvalue weighted by Crippen LogP contribution is -2.46. The third-order valence-corrected chi connectivity index (χ3v) is 4.60. The second kappa shape index (κ2) is 6.44. The van der Waals surface area contributed by atoms with Gasteiger partial charge in [0.1, 0.15) is 0 Å². The molecule has 0 radical (unpaired) electrons. The van der Waals surface area contributed by atoms with Crippen LogP contribution in [0.2, 0.25) is 0 Å². The fraction of sp³-hybridized carbons (Fsp3) is 0.444. The van der Waals surface area contributed by atoms with Crippen molar-refractivity contribution in [1.82, 2.24) is 20.0 Å². The van der Waals surface area contributed by atoms with Crippen molar-refractivity contribution in [3.8, 4) is 5.69 Å². The normalized spacial score (nSPS) is 14.4. The zero-order chi connectivity index (χ0) is 16.4. The molecule has 1 saturated carbocycles. The Morgan fingerprint density at radius 2 is 2.09 bits per heavy atom. The number of benzene rings is 1. The smallest absolute Gasteiger partial charge is 0.317 e. The third kappa shape index (κ3) is 3.23. The van der Waals surface area contributed by atoms with Crippen LogP contribution < -0.4 is 5.32 Å². The van der Waals surface area contributed by atoms with E-state index in [0.29, 0.717) is 12.6 Å². The molecule has 122 valence electrons. The molecule has 5 nitrogen and oxygen atoms in total. The number of nitrogens with zero attached hydrogens (tertiary/aromatic N) is 3. The third-order valence-electron chi connectivity index (χ3n) is 4.60. The number of amides is 2. The first kappa shape index (κ1) is 15.6. The lowest BCUT2D eigenvalue weighted by atomic mass is 9.92. The van der Waals surface area contributed by atoms with Crippen molar-refractivity contribution < 1.29 is 4.79 Å². The second-order valence-electron chi connectivity index (χ2n) is 6.32. The van der Waals surface area contributed by atoms with Crippen LogP contribution in [0.15, 0.2) is 30.3 Å². The molecule has 1 aromatic carbocycles. The molecule has 1 aliphatic rings. The van der Waals surface area contributed by atoms with E-state index in [0.717, 1.165) is 35.5 Å². The number of urea groups is 1. The van der Waals surface area contributed by atoms with Gasteiger partial charge in [-0.2, -0.15) is 5.10 Å². The average molecular weight is 312 g/mol. The predicted octanol–water partition coefficient (Wildman–Crippen LogP) is 3.18. The van der Waals surface area contributed by atoms with Crippen molar-refractivity contribution in [2.75, 3.05) is 7.05 Å². The largest absolute Gasteiger partial charge is 0.334 e. The molecule has 0 bridgehead atoms. The Morgan fingerprint density at radius 1 is 1.35 bits per heavy atom. The van der Waals surface area contributed by atoms with Gasteiger partial charge in [-0.15, -0.1) is 0 Å². The number of nitrogens with one attached hydrogen (secondary N) is 1. The summed E-state index contributed by atoms with van der Waals surface area (Å²) in [6.07, 6.45) is 3.46. The van der Waals surface area contributed by atoms with Crippen LogP contribution in [0.25, 0.3) is 5.69 Å². The van der Waals surface area contributed by atoms with Gasteiger partial charge in [-0.3, -0.25) is 0 Å². The monoisotopic (exact) mass is 312 g/mol. The molecule has 23 heavy (non-hydrogen) atoms. The van der Waals surface area contributed by atoms with E-state index in [2.05, 4.69) is 16.5 Å². The van der Waals surface area contributed by atoms with Crippen LogP contribution in [0, 0.1) is 13.8 Å². The molecule has 2 amide bonds. The van der Waals surface area contributed by atoms with Gasteiger partial charge in [0.25, 0.3) is 0 Å². The molecule has 0 atom stereocenters. The summed E-state index contributed by atoms with van der Waals surface area (Å²) in [4.78, 5) is 14.1. The summed E-state index contributed by atoms with van der Waals surface area (Å²) in [6, 6.07) is 10.5. The highest BCUT2D eigenvalue weighted by molar-refractivity contribution is 5.74. The molecule has 0 saturated heterocycles. The van der Waals surface area contributed by atoms with Gasteiger partial charge in [-0.25, -0.2) is 9.48 Å². The Morgan fingerprint density at radius 3 is 2.70 bits per heavy atom. The Kier molecular flexibility index (Phi) is 4.37. The number of hydrogen-bond acceptors (Lipinski definition) is 2. The topological polar surface area (TPSA) is 50.2 Å². The molecule has 5 heteroatoms. The maximum Gasteiger partial charge on any atom is 0.317 e. The van der Waals surface area contributed by atoms with Gasteiger partial charge < -0.3 is 10.2 Å². The Bertz CT molecular complexity index is 703. The van der Waals surface area contributed by atoms with E-state index in [1.165, 1.54) is 6.42 Å². The first-order chi connectivity index (χ1) is 11.1. The maximum absolute atomic E-state index is 12.3. The Hall–Kier alpha value is -2.30. The minimum absolute atomic E-state index is 0.00197. The molecule has 1 aliphatic carbocycles. The van der Waals surface area contributed by atoms with Gasteiger partial charge >= 0.3 is 6.03 Å². The number of carbonyl (C=O) groups is 1. The molecular formula is C18H24N4O. The number of para-hydroxylation sites is 1. The lowest BCUT2D eigenvalue weighted by molar-refractivity contribution is 0.157. The van der Waals surface area contributed by atoms with E-state index in [4.69, 9.17) is 0 Å². The summed E-state index contributed by atoms with van der Waals surface area (Å²) in [6.45, 7) is 4.53. The number of hydrogen-bond donors (Lipinski definition) is 1. The summed E-state index contributed by atoms with van der Waals surface area (Å²) >= 11 is 0. The number of rotatable bonds is 4.